The Morgan fingerprint density at radius 3 is 2.38 bits per heavy atom. The zero-order valence-electron chi connectivity index (χ0n) is 14.7. The normalized spacial score (nSPS) is 15.0. The fraction of sp³-hybridized carbons (Fsp3) is 0.588. The molecule has 0 spiro atoms. The molecule has 0 heterocycles. The number of rotatable bonds is 8. The Morgan fingerprint density at radius 1 is 1.33 bits per heavy atom. The highest BCUT2D eigenvalue weighted by Crippen LogP contribution is 2.24. The second kappa shape index (κ2) is 8.94. The number of amides is 2. The molecule has 136 valence electrons. The molecule has 0 aliphatic carbocycles. The van der Waals surface area contributed by atoms with E-state index in [9.17, 15) is 13.6 Å². The van der Waals surface area contributed by atoms with Crippen molar-refractivity contribution < 1.29 is 18.7 Å². The van der Waals surface area contributed by atoms with Gasteiger partial charge in [0.15, 0.2) is 0 Å². The van der Waals surface area contributed by atoms with Crippen LogP contribution in [0, 0.1) is 11.6 Å². The standard InChI is InChI=1S/C17H27F2N3O2/c1-5-17(2,9-10-23)21-16(24)20-11-14(22(3)4)15-12(18)7-6-8-13(15)19/h6-8,14,23H,5,9-11H2,1-4H3,(H2,20,21,24). The summed E-state index contributed by atoms with van der Waals surface area (Å²) >= 11 is 0. The summed E-state index contributed by atoms with van der Waals surface area (Å²) < 4.78 is 28.0. The first kappa shape index (κ1) is 20.3. The van der Waals surface area contributed by atoms with Crippen LogP contribution in [-0.2, 0) is 0 Å². The smallest absolute Gasteiger partial charge is 0.315 e. The summed E-state index contributed by atoms with van der Waals surface area (Å²) in [4.78, 5) is 13.8. The molecule has 2 atom stereocenters. The van der Waals surface area contributed by atoms with Crippen LogP contribution in [0.3, 0.4) is 0 Å². The van der Waals surface area contributed by atoms with Crippen LogP contribution in [-0.4, -0.2) is 48.8 Å². The van der Waals surface area contributed by atoms with Crippen molar-refractivity contribution >= 4 is 6.03 Å². The van der Waals surface area contributed by atoms with Crippen LogP contribution in [0.2, 0.25) is 0 Å². The quantitative estimate of drug-likeness (QED) is 0.679. The zero-order valence-corrected chi connectivity index (χ0v) is 14.7. The molecular weight excluding hydrogens is 316 g/mol. The number of aliphatic hydroxyl groups excluding tert-OH is 1. The topological polar surface area (TPSA) is 64.6 Å². The average molecular weight is 343 g/mol. The summed E-state index contributed by atoms with van der Waals surface area (Å²) in [5, 5.41) is 14.5. The third kappa shape index (κ3) is 5.42. The number of nitrogens with one attached hydrogen (secondary N) is 2. The maximum Gasteiger partial charge on any atom is 0.315 e. The van der Waals surface area contributed by atoms with E-state index in [-0.39, 0.29) is 18.7 Å². The molecule has 1 rings (SSSR count). The van der Waals surface area contributed by atoms with Crippen molar-refractivity contribution in [2.24, 2.45) is 0 Å². The molecule has 0 saturated heterocycles. The second-order valence-electron chi connectivity index (χ2n) is 6.34. The molecule has 1 aromatic rings. The molecule has 24 heavy (non-hydrogen) atoms. The minimum atomic E-state index is -0.644. The zero-order chi connectivity index (χ0) is 18.3. The van der Waals surface area contributed by atoms with Crippen molar-refractivity contribution in [2.45, 2.75) is 38.3 Å². The van der Waals surface area contributed by atoms with E-state index < -0.39 is 29.2 Å². The summed E-state index contributed by atoms with van der Waals surface area (Å²) in [7, 11) is 3.39. The van der Waals surface area contributed by atoms with Gasteiger partial charge in [0.05, 0.1) is 6.04 Å². The van der Waals surface area contributed by atoms with Gasteiger partial charge in [-0.25, -0.2) is 13.6 Å². The van der Waals surface area contributed by atoms with E-state index in [4.69, 9.17) is 5.11 Å². The number of hydrogen-bond acceptors (Lipinski definition) is 3. The average Bonchev–Trinajstić information content (AvgIpc) is 2.49. The number of carbonyl (C=O) groups is 1. The van der Waals surface area contributed by atoms with Gasteiger partial charge in [0.2, 0.25) is 0 Å². The molecule has 3 N–H and O–H groups in total. The van der Waals surface area contributed by atoms with Crippen molar-refractivity contribution in [2.75, 3.05) is 27.2 Å². The Labute approximate surface area is 142 Å². The van der Waals surface area contributed by atoms with Crippen LogP contribution in [0.15, 0.2) is 18.2 Å². The lowest BCUT2D eigenvalue weighted by Gasteiger charge is -2.30. The van der Waals surface area contributed by atoms with Crippen molar-refractivity contribution in [3.8, 4) is 0 Å². The summed E-state index contributed by atoms with van der Waals surface area (Å²) in [6.45, 7) is 3.76. The lowest BCUT2D eigenvalue weighted by Crippen LogP contribution is -2.51. The molecule has 5 nitrogen and oxygen atoms in total. The Bertz CT molecular complexity index is 534. The highest BCUT2D eigenvalue weighted by molar-refractivity contribution is 5.74. The van der Waals surface area contributed by atoms with Gasteiger partial charge in [0, 0.05) is 24.3 Å². The number of nitrogens with zero attached hydrogens (tertiary/aromatic N) is 1. The first-order chi connectivity index (χ1) is 11.2. The van der Waals surface area contributed by atoms with E-state index in [0.717, 1.165) is 0 Å². The molecule has 0 aromatic heterocycles. The molecule has 1 aromatic carbocycles. The van der Waals surface area contributed by atoms with Crippen molar-refractivity contribution in [1.29, 1.82) is 0 Å². The predicted octanol–water partition coefficient (Wildman–Crippen LogP) is 2.42. The number of likely N-dealkylation sites (N-methyl/N-ethyl adjacent to an activating group) is 1. The Balaban J connectivity index is 2.79. The predicted molar refractivity (Wildman–Crippen MR) is 89.7 cm³/mol. The number of benzene rings is 1. The van der Waals surface area contributed by atoms with Crippen molar-refractivity contribution in [1.82, 2.24) is 15.5 Å². The maximum atomic E-state index is 14.0. The lowest BCUT2D eigenvalue weighted by molar-refractivity contribution is 0.197. The van der Waals surface area contributed by atoms with E-state index in [1.807, 2.05) is 13.8 Å². The lowest BCUT2D eigenvalue weighted by atomic mass is 9.95. The van der Waals surface area contributed by atoms with Crippen LogP contribution in [0.4, 0.5) is 13.6 Å². The summed E-state index contributed by atoms with van der Waals surface area (Å²) in [5.41, 5.74) is -0.605. The molecular formula is C17H27F2N3O2. The van der Waals surface area contributed by atoms with Crippen LogP contribution < -0.4 is 10.6 Å². The van der Waals surface area contributed by atoms with Crippen molar-refractivity contribution in [3.05, 3.63) is 35.4 Å². The first-order valence-electron chi connectivity index (χ1n) is 8.01. The van der Waals surface area contributed by atoms with E-state index in [1.165, 1.54) is 18.2 Å². The third-order valence-corrected chi connectivity index (χ3v) is 4.27. The van der Waals surface area contributed by atoms with Gasteiger partial charge < -0.3 is 20.6 Å². The van der Waals surface area contributed by atoms with Gasteiger partial charge in [-0.3, -0.25) is 0 Å². The second-order valence-corrected chi connectivity index (χ2v) is 6.34. The fourth-order valence-electron chi connectivity index (χ4n) is 2.45. The molecule has 0 bridgehead atoms. The maximum absolute atomic E-state index is 14.0. The summed E-state index contributed by atoms with van der Waals surface area (Å²) in [6, 6.07) is 2.64. The van der Waals surface area contributed by atoms with Crippen molar-refractivity contribution in [3.63, 3.8) is 0 Å². The highest BCUT2D eigenvalue weighted by Gasteiger charge is 2.26. The molecule has 2 amide bonds. The summed E-state index contributed by atoms with van der Waals surface area (Å²) in [6.07, 6.45) is 1.08. The number of carbonyl (C=O) groups excluding carboxylic acids is 1. The Kier molecular flexibility index (Phi) is 7.57. The monoisotopic (exact) mass is 343 g/mol. The molecule has 0 aliphatic rings. The van der Waals surface area contributed by atoms with Gasteiger partial charge in [0.1, 0.15) is 11.6 Å². The first-order valence-corrected chi connectivity index (χ1v) is 8.01. The number of halogens is 2. The fourth-order valence-corrected chi connectivity index (χ4v) is 2.45. The molecule has 7 heteroatoms. The number of aliphatic hydroxyl groups is 1. The Morgan fingerprint density at radius 2 is 1.92 bits per heavy atom. The largest absolute Gasteiger partial charge is 0.396 e. The number of urea groups is 1. The molecule has 0 saturated carbocycles. The van der Waals surface area contributed by atoms with Gasteiger partial charge in [-0.2, -0.15) is 0 Å². The molecule has 0 radical (unpaired) electrons. The van der Waals surface area contributed by atoms with E-state index in [1.54, 1.807) is 19.0 Å². The van der Waals surface area contributed by atoms with E-state index in [2.05, 4.69) is 10.6 Å². The van der Waals surface area contributed by atoms with Crippen LogP contribution in [0.1, 0.15) is 38.3 Å². The molecule has 0 aliphatic heterocycles. The molecule has 0 fully saturated rings. The van der Waals surface area contributed by atoms with E-state index in [0.29, 0.717) is 12.8 Å². The number of hydrogen-bond donors (Lipinski definition) is 3. The van der Waals surface area contributed by atoms with Gasteiger partial charge in [0.25, 0.3) is 0 Å². The molecule has 2 unspecified atom stereocenters. The van der Waals surface area contributed by atoms with E-state index >= 15 is 0 Å². The highest BCUT2D eigenvalue weighted by atomic mass is 19.1. The van der Waals surface area contributed by atoms with Crippen LogP contribution >= 0.6 is 0 Å². The van der Waals surface area contributed by atoms with Crippen LogP contribution in [0.25, 0.3) is 0 Å². The third-order valence-electron chi connectivity index (χ3n) is 4.27. The minimum Gasteiger partial charge on any atom is -0.396 e. The minimum absolute atomic E-state index is 0.0363. The van der Waals surface area contributed by atoms with Gasteiger partial charge in [-0.15, -0.1) is 0 Å². The van der Waals surface area contributed by atoms with Gasteiger partial charge >= 0.3 is 6.03 Å². The van der Waals surface area contributed by atoms with Crippen LogP contribution in [0.5, 0.6) is 0 Å². The SMILES string of the molecule is CCC(C)(CCO)NC(=O)NCC(c1c(F)cccc1F)N(C)C. The van der Waals surface area contributed by atoms with Gasteiger partial charge in [-0.1, -0.05) is 13.0 Å². The van der Waals surface area contributed by atoms with Gasteiger partial charge in [-0.05, 0) is 46.0 Å². The summed E-state index contributed by atoms with van der Waals surface area (Å²) in [5.74, 6) is -1.29. The Hall–Kier alpha value is -1.73.